The van der Waals surface area contributed by atoms with E-state index in [1.807, 2.05) is 30.3 Å². The number of aromatic nitrogens is 1. The molecule has 3 aromatic rings. The normalized spacial score (nSPS) is 21.8. The van der Waals surface area contributed by atoms with Crippen LogP contribution in [-0.4, -0.2) is 28.1 Å². The van der Waals surface area contributed by atoms with Crippen LogP contribution in [0.3, 0.4) is 0 Å². The van der Waals surface area contributed by atoms with E-state index in [1.54, 1.807) is 18.2 Å². The number of benzene rings is 2. The summed E-state index contributed by atoms with van der Waals surface area (Å²) in [6, 6.07) is 18.0. The molecule has 1 aromatic heterocycles. The number of phenols is 1. The second kappa shape index (κ2) is 7.46. The molecule has 0 spiro atoms. The maximum absolute atomic E-state index is 10.0. The van der Waals surface area contributed by atoms with Crippen LogP contribution < -0.4 is 4.74 Å². The first-order chi connectivity index (χ1) is 13.5. The van der Waals surface area contributed by atoms with Gasteiger partial charge in [0.25, 0.3) is 0 Å². The molecular formula is C23H21N2O3Pt-. The molecule has 2 aliphatic rings. The van der Waals surface area contributed by atoms with E-state index in [-0.39, 0.29) is 44.4 Å². The molecule has 1 fully saturated rings. The number of rotatable bonds is 3. The Bertz CT molecular complexity index is 1100. The monoisotopic (exact) mass is 568 g/mol. The quantitative estimate of drug-likeness (QED) is 0.459. The summed E-state index contributed by atoms with van der Waals surface area (Å²) in [4.78, 5) is 9.24. The standard InChI is InChI=1S/C23H21N2O3.Pt/c1-23(2)12-11-18-21(23)25-22(28-18)15-6-3-7-16(13-15)27-19-10-9-14-5-4-8-17(26)20(14)24-19;/h3-10,18,21,26H,11-12H2,1-2H3;/q-1;/t18-,21-;/m1./s1. The summed E-state index contributed by atoms with van der Waals surface area (Å²) in [5.74, 6) is 1.69. The molecule has 152 valence electrons. The number of hydrogen-bond acceptors (Lipinski definition) is 5. The van der Waals surface area contributed by atoms with Gasteiger partial charge in [0, 0.05) is 38.3 Å². The smallest absolute Gasteiger partial charge is 0.217 e. The summed E-state index contributed by atoms with van der Waals surface area (Å²) in [5.41, 5.74) is 1.46. The van der Waals surface area contributed by atoms with Crippen LogP contribution in [0.4, 0.5) is 0 Å². The van der Waals surface area contributed by atoms with E-state index in [2.05, 4.69) is 24.9 Å². The summed E-state index contributed by atoms with van der Waals surface area (Å²) in [5, 5.41) is 10.9. The summed E-state index contributed by atoms with van der Waals surface area (Å²) in [6.07, 6.45) is 2.32. The van der Waals surface area contributed by atoms with Gasteiger partial charge in [-0.05, 0) is 30.4 Å². The van der Waals surface area contributed by atoms with Crippen molar-refractivity contribution in [3.63, 3.8) is 0 Å². The third kappa shape index (κ3) is 3.64. The van der Waals surface area contributed by atoms with Crippen molar-refractivity contribution in [2.24, 2.45) is 10.4 Å². The molecule has 29 heavy (non-hydrogen) atoms. The number of aromatic hydroxyl groups is 1. The van der Waals surface area contributed by atoms with Crippen molar-refractivity contribution in [3.05, 3.63) is 60.2 Å². The first kappa shape index (κ1) is 19.9. The van der Waals surface area contributed by atoms with Gasteiger partial charge in [-0.2, -0.15) is 0 Å². The molecule has 5 nitrogen and oxygen atoms in total. The summed E-state index contributed by atoms with van der Waals surface area (Å²) >= 11 is 0. The minimum Gasteiger partial charge on any atom is -0.515 e. The number of para-hydroxylation sites is 1. The maximum Gasteiger partial charge on any atom is 0.217 e. The van der Waals surface area contributed by atoms with Crippen molar-refractivity contribution in [1.82, 2.24) is 4.98 Å². The van der Waals surface area contributed by atoms with Crippen molar-refractivity contribution in [1.29, 1.82) is 0 Å². The second-order valence-electron chi connectivity index (χ2n) is 8.09. The van der Waals surface area contributed by atoms with Crippen LogP contribution in [-0.2, 0) is 25.8 Å². The molecule has 0 unspecified atom stereocenters. The Balaban J connectivity index is 0.00000205. The molecule has 6 heteroatoms. The van der Waals surface area contributed by atoms with Gasteiger partial charge in [0.15, 0.2) is 0 Å². The fraction of sp³-hybridized carbons (Fsp3) is 0.304. The van der Waals surface area contributed by atoms with E-state index >= 15 is 0 Å². The van der Waals surface area contributed by atoms with Crippen molar-refractivity contribution >= 4 is 16.8 Å². The first-order valence-electron chi connectivity index (χ1n) is 9.53. The number of nitrogens with zero attached hydrogens (tertiary/aromatic N) is 2. The summed E-state index contributed by atoms with van der Waals surface area (Å²) < 4.78 is 12.0. The van der Waals surface area contributed by atoms with Crippen molar-refractivity contribution in [3.8, 4) is 17.4 Å². The third-order valence-corrected chi connectivity index (χ3v) is 5.63. The van der Waals surface area contributed by atoms with Gasteiger partial charge in [-0.3, -0.25) is 4.99 Å². The predicted octanol–water partition coefficient (Wildman–Crippen LogP) is 4.86. The zero-order valence-electron chi connectivity index (χ0n) is 16.2. The average molecular weight is 569 g/mol. The van der Waals surface area contributed by atoms with Gasteiger partial charge < -0.3 is 14.6 Å². The molecule has 0 saturated heterocycles. The van der Waals surface area contributed by atoms with Gasteiger partial charge in [-0.1, -0.05) is 37.6 Å². The minimum atomic E-state index is 0. The van der Waals surface area contributed by atoms with E-state index in [0.29, 0.717) is 23.0 Å². The zero-order chi connectivity index (χ0) is 19.3. The molecule has 1 N–H and O–H groups in total. The average Bonchev–Trinajstić information content (AvgIpc) is 3.24. The first-order valence-corrected chi connectivity index (χ1v) is 9.53. The number of ether oxygens (including phenoxy) is 2. The van der Waals surface area contributed by atoms with Crippen LogP contribution in [0.2, 0.25) is 0 Å². The number of pyridine rings is 1. The predicted molar refractivity (Wildman–Crippen MR) is 107 cm³/mol. The van der Waals surface area contributed by atoms with Crippen molar-refractivity contribution in [2.45, 2.75) is 38.8 Å². The molecular weight excluding hydrogens is 547 g/mol. The fourth-order valence-electron chi connectivity index (χ4n) is 4.05. The molecule has 2 atom stereocenters. The number of fused-ring (bicyclic) bond motifs is 2. The second-order valence-corrected chi connectivity index (χ2v) is 8.09. The van der Waals surface area contributed by atoms with Crippen LogP contribution >= 0.6 is 0 Å². The largest absolute Gasteiger partial charge is 0.515 e. The molecule has 1 aliphatic carbocycles. The van der Waals surface area contributed by atoms with Gasteiger partial charge in [0.1, 0.15) is 23.3 Å². The Morgan fingerprint density at radius 2 is 1.97 bits per heavy atom. The van der Waals surface area contributed by atoms with Crippen LogP contribution in [0.5, 0.6) is 17.4 Å². The Morgan fingerprint density at radius 3 is 2.79 bits per heavy atom. The molecule has 1 saturated carbocycles. The zero-order valence-corrected chi connectivity index (χ0v) is 18.4. The number of aliphatic imine (C=N–C) groups is 1. The van der Waals surface area contributed by atoms with Crippen LogP contribution in [0.1, 0.15) is 32.3 Å². The van der Waals surface area contributed by atoms with E-state index in [0.717, 1.165) is 23.8 Å². The summed E-state index contributed by atoms with van der Waals surface area (Å²) in [7, 11) is 0. The van der Waals surface area contributed by atoms with E-state index in [1.165, 1.54) is 0 Å². The summed E-state index contributed by atoms with van der Waals surface area (Å²) in [6.45, 7) is 4.50. The Hall–Kier alpha value is -2.39. The molecule has 5 rings (SSSR count). The van der Waals surface area contributed by atoms with E-state index in [4.69, 9.17) is 14.5 Å². The molecule has 0 amide bonds. The Morgan fingerprint density at radius 1 is 1.14 bits per heavy atom. The Labute approximate surface area is 184 Å². The SMILES string of the molecule is CC1(C)CC[C@H]2OC(c3[c-]c(Oc4ccc5cccc(O)c5n4)ccc3)=N[C@H]21.[Pt]. The van der Waals surface area contributed by atoms with Gasteiger partial charge in [-0.15, -0.1) is 18.2 Å². The van der Waals surface area contributed by atoms with Gasteiger partial charge in [0.2, 0.25) is 5.88 Å². The molecule has 2 heterocycles. The van der Waals surface area contributed by atoms with Gasteiger partial charge in [-0.25, -0.2) is 4.98 Å². The van der Waals surface area contributed by atoms with Crippen LogP contribution in [0, 0.1) is 11.5 Å². The number of hydrogen-bond donors (Lipinski definition) is 1. The molecule has 2 aromatic carbocycles. The van der Waals surface area contributed by atoms with E-state index in [9.17, 15) is 5.11 Å². The molecule has 0 bridgehead atoms. The van der Waals surface area contributed by atoms with Crippen molar-refractivity contribution in [2.75, 3.05) is 0 Å². The Kier molecular flexibility index (Phi) is 5.12. The van der Waals surface area contributed by atoms with Gasteiger partial charge in [0.05, 0.1) is 6.04 Å². The van der Waals surface area contributed by atoms with Crippen molar-refractivity contribution < 1.29 is 35.6 Å². The topological polar surface area (TPSA) is 63.9 Å². The third-order valence-electron chi connectivity index (χ3n) is 5.63. The number of phenolic OH excluding ortho intramolecular Hbond substituents is 1. The maximum atomic E-state index is 10.0. The fourth-order valence-corrected chi connectivity index (χ4v) is 4.05. The van der Waals surface area contributed by atoms with Gasteiger partial charge >= 0.3 is 0 Å². The van der Waals surface area contributed by atoms with Crippen LogP contribution in [0.15, 0.2) is 53.5 Å². The molecule has 1 aliphatic heterocycles. The van der Waals surface area contributed by atoms with E-state index < -0.39 is 0 Å². The van der Waals surface area contributed by atoms with Crippen LogP contribution in [0.25, 0.3) is 10.9 Å². The molecule has 0 radical (unpaired) electrons. The minimum absolute atomic E-state index is 0.